The molecule has 1 rings (SSSR count). The molecule has 1 aliphatic rings. The lowest BCUT2D eigenvalue weighted by atomic mass is 9.68. The van der Waals surface area contributed by atoms with E-state index in [2.05, 4.69) is 39.5 Å². The monoisotopic (exact) mass is 297 g/mol. The van der Waals surface area contributed by atoms with Crippen molar-refractivity contribution in [1.82, 2.24) is 4.90 Å². The van der Waals surface area contributed by atoms with E-state index in [4.69, 9.17) is 0 Å². The molecule has 2 nitrogen and oxygen atoms in total. The zero-order valence-corrected chi connectivity index (χ0v) is 15.2. The van der Waals surface area contributed by atoms with Gasteiger partial charge in [-0.1, -0.05) is 47.5 Å². The maximum Gasteiger partial charge on any atom is 0.0580 e. The smallest absolute Gasteiger partial charge is 0.0580 e. The molecule has 0 saturated heterocycles. The van der Waals surface area contributed by atoms with Gasteiger partial charge in [0.15, 0.2) is 0 Å². The van der Waals surface area contributed by atoms with Gasteiger partial charge in [-0.25, -0.2) is 0 Å². The summed E-state index contributed by atoms with van der Waals surface area (Å²) in [6.45, 7) is 15.1. The van der Waals surface area contributed by atoms with E-state index in [-0.39, 0.29) is 6.10 Å². The predicted octanol–water partition coefficient (Wildman–Crippen LogP) is 4.71. The van der Waals surface area contributed by atoms with Crippen LogP contribution in [-0.2, 0) is 0 Å². The number of aliphatic hydroxyl groups is 1. The molecular weight excluding hydrogens is 258 g/mol. The third-order valence-electron chi connectivity index (χ3n) is 5.32. The lowest BCUT2D eigenvalue weighted by molar-refractivity contribution is 0.00291. The summed E-state index contributed by atoms with van der Waals surface area (Å²) in [6.07, 6.45) is 8.44. The highest BCUT2D eigenvalue weighted by Gasteiger charge is 2.35. The summed E-state index contributed by atoms with van der Waals surface area (Å²) in [5, 5.41) is 10.4. The normalized spacial score (nSPS) is 27.3. The molecule has 0 bridgehead atoms. The largest absolute Gasteiger partial charge is 0.393 e. The molecule has 1 aliphatic carbocycles. The molecule has 0 aromatic heterocycles. The standard InChI is InChI=1S/C19H39NO/c1-6-8-12-20(13-9-7-2)15-16-14-17(19(3,4)5)10-11-18(16)21/h16-18,21H,6-15H2,1-5H3/t16-,17-,18+/m1/s1. The van der Waals surface area contributed by atoms with Crippen LogP contribution >= 0.6 is 0 Å². The van der Waals surface area contributed by atoms with Gasteiger partial charge in [-0.3, -0.25) is 0 Å². The molecule has 21 heavy (non-hydrogen) atoms. The topological polar surface area (TPSA) is 23.5 Å². The van der Waals surface area contributed by atoms with Crippen LogP contribution in [0.15, 0.2) is 0 Å². The summed E-state index contributed by atoms with van der Waals surface area (Å²) in [4.78, 5) is 2.62. The van der Waals surface area contributed by atoms with Crippen LogP contribution in [0, 0.1) is 17.3 Å². The van der Waals surface area contributed by atoms with Crippen LogP contribution in [0.1, 0.15) is 79.6 Å². The van der Waals surface area contributed by atoms with Gasteiger partial charge >= 0.3 is 0 Å². The van der Waals surface area contributed by atoms with Gasteiger partial charge in [-0.2, -0.15) is 0 Å². The molecule has 1 fully saturated rings. The first-order valence-corrected chi connectivity index (χ1v) is 9.28. The van der Waals surface area contributed by atoms with E-state index in [1.807, 2.05) is 0 Å². The van der Waals surface area contributed by atoms with Crippen molar-refractivity contribution >= 4 is 0 Å². The summed E-state index contributed by atoms with van der Waals surface area (Å²) in [7, 11) is 0. The van der Waals surface area contributed by atoms with Crippen LogP contribution in [0.4, 0.5) is 0 Å². The Labute approximate surface area is 133 Å². The fourth-order valence-electron chi connectivity index (χ4n) is 3.62. The van der Waals surface area contributed by atoms with Crippen molar-refractivity contribution in [3.63, 3.8) is 0 Å². The molecule has 0 aromatic carbocycles. The summed E-state index contributed by atoms with van der Waals surface area (Å²) in [6, 6.07) is 0. The number of aliphatic hydroxyl groups excluding tert-OH is 1. The summed E-state index contributed by atoms with van der Waals surface area (Å²) < 4.78 is 0. The van der Waals surface area contributed by atoms with Crippen LogP contribution in [0.3, 0.4) is 0 Å². The third-order valence-corrected chi connectivity index (χ3v) is 5.32. The average Bonchev–Trinajstić information content (AvgIpc) is 2.42. The minimum Gasteiger partial charge on any atom is -0.393 e. The molecule has 0 heterocycles. The number of hydrogen-bond acceptors (Lipinski definition) is 2. The van der Waals surface area contributed by atoms with Gasteiger partial charge in [0.2, 0.25) is 0 Å². The quantitative estimate of drug-likeness (QED) is 0.701. The van der Waals surface area contributed by atoms with Crippen LogP contribution in [0.2, 0.25) is 0 Å². The van der Waals surface area contributed by atoms with Crippen LogP contribution < -0.4 is 0 Å². The number of nitrogens with zero attached hydrogens (tertiary/aromatic N) is 1. The van der Waals surface area contributed by atoms with Gasteiger partial charge < -0.3 is 10.0 Å². The van der Waals surface area contributed by atoms with E-state index in [1.165, 1.54) is 51.6 Å². The Hall–Kier alpha value is -0.0800. The number of hydrogen-bond donors (Lipinski definition) is 1. The van der Waals surface area contributed by atoms with Gasteiger partial charge in [-0.05, 0) is 62.4 Å². The molecular formula is C19H39NO. The summed E-state index contributed by atoms with van der Waals surface area (Å²) in [5.41, 5.74) is 0.385. The SMILES string of the molecule is CCCCN(CCCC)C[C@H]1C[C@H](C(C)(C)C)CC[C@@H]1O. The van der Waals surface area contributed by atoms with Crippen LogP contribution in [0.5, 0.6) is 0 Å². The fraction of sp³-hybridized carbons (Fsp3) is 1.00. The zero-order chi connectivity index (χ0) is 15.9. The van der Waals surface area contributed by atoms with Crippen molar-refractivity contribution in [1.29, 1.82) is 0 Å². The molecule has 1 saturated carbocycles. The molecule has 0 unspecified atom stereocenters. The van der Waals surface area contributed by atoms with E-state index in [1.54, 1.807) is 0 Å². The number of unbranched alkanes of at least 4 members (excludes halogenated alkanes) is 2. The Morgan fingerprint density at radius 2 is 1.57 bits per heavy atom. The number of rotatable bonds is 8. The van der Waals surface area contributed by atoms with Crippen molar-refractivity contribution in [2.45, 2.75) is 85.7 Å². The second kappa shape index (κ2) is 9.15. The summed E-state index contributed by atoms with van der Waals surface area (Å²) in [5.74, 6) is 1.25. The van der Waals surface area contributed by atoms with Crippen LogP contribution in [-0.4, -0.2) is 35.7 Å². The minimum absolute atomic E-state index is 0.0747. The second-order valence-electron chi connectivity index (χ2n) is 8.21. The molecule has 3 atom stereocenters. The molecule has 0 radical (unpaired) electrons. The van der Waals surface area contributed by atoms with Gasteiger partial charge in [0, 0.05) is 6.54 Å². The van der Waals surface area contributed by atoms with E-state index in [0.29, 0.717) is 11.3 Å². The van der Waals surface area contributed by atoms with E-state index < -0.39 is 0 Å². The Morgan fingerprint density at radius 1 is 1.00 bits per heavy atom. The van der Waals surface area contributed by atoms with Crippen molar-refractivity contribution in [2.75, 3.05) is 19.6 Å². The Morgan fingerprint density at radius 3 is 2.05 bits per heavy atom. The van der Waals surface area contributed by atoms with Crippen molar-refractivity contribution in [3.05, 3.63) is 0 Å². The predicted molar refractivity (Wildman–Crippen MR) is 92.5 cm³/mol. The first-order valence-electron chi connectivity index (χ1n) is 9.28. The van der Waals surface area contributed by atoms with E-state index >= 15 is 0 Å². The van der Waals surface area contributed by atoms with Crippen molar-refractivity contribution in [2.24, 2.45) is 17.3 Å². The molecule has 0 amide bonds. The summed E-state index contributed by atoms with van der Waals surface area (Å²) >= 11 is 0. The first-order chi connectivity index (χ1) is 9.88. The minimum atomic E-state index is -0.0747. The fourth-order valence-corrected chi connectivity index (χ4v) is 3.62. The van der Waals surface area contributed by atoms with Gasteiger partial charge in [0.25, 0.3) is 0 Å². The Kier molecular flexibility index (Phi) is 8.26. The highest BCUT2D eigenvalue weighted by atomic mass is 16.3. The Balaban J connectivity index is 2.57. The van der Waals surface area contributed by atoms with Crippen LogP contribution in [0.25, 0.3) is 0 Å². The molecule has 0 aliphatic heterocycles. The van der Waals surface area contributed by atoms with Crippen molar-refractivity contribution < 1.29 is 5.11 Å². The Bertz CT molecular complexity index is 263. The van der Waals surface area contributed by atoms with E-state index in [9.17, 15) is 5.11 Å². The maximum absolute atomic E-state index is 10.4. The molecule has 0 spiro atoms. The van der Waals surface area contributed by atoms with Gasteiger partial charge in [0.1, 0.15) is 0 Å². The van der Waals surface area contributed by atoms with E-state index in [0.717, 1.165) is 18.9 Å². The highest BCUT2D eigenvalue weighted by Crippen LogP contribution is 2.40. The molecule has 1 N–H and O–H groups in total. The van der Waals surface area contributed by atoms with Gasteiger partial charge in [-0.15, -0.1) is 0 Å². The molecule has 2 heteroatoms. The van der Waals surface area contributed by atoms with Crippen molar-refractivity contribution in [3.8, 4) is 0 Å². The molecule has 0 aromatic rings. The molecule has 126 valence electrons. The third kappa shape index (κ3) is 6.69. The lowest BCUT2D eigenvalue weighted by Gasteiger charge is -2.41. The average molecular weight is 298 g/mol. The second-order valence-corrected chi connectivity index (χ2v) is 8.21. The zero-order valence-electron chi connectivity index (χ0n) is 15.2. The first kappa shape index (κ1) is 19.0. The van der Waals surface area contributed by atoms with Gasteiger partial charge in [0.05, 0.1) is 6.10 Å². The highest BCUT2D eigenvalue weighted by molar-refractivity contribution is 4.87. The maximum atomic E-state index is 10.4. The lowest BCUT2D eigenvalue weighted by Crippen LogP contribution is -2.42.